The fourth-order valence-corrected chi connectivity index (χ4v) is 5.12. The Balaban J connectivity index is 1.93. The third-order valence-corrected chi connectivity index (χ3v) is 6.82. The summed E-state index contributed by atoms with van der Waals surface area (Å²) in [6, 6.07) is 7.66. The first-order chi connectivity index (χ1) is 13.2. The van der Waals surface area contributed by atoms with Crippen LogP contribution in [0.25, 0.3) is 10.2 Å². The summed E-state index contributed by atoms with van der Waals surface area (Å²) in [5.41, 5.74) is 2.82. The van der Waals surface area contributed by atoms with Gasteiger partial charge in [-0.1, -0.05) is 23.9 Å². The van der Waals surface area contributed by atoms with Gasteiger partial charge in [-0.2, -0.15) is 0 Å². The first-order valence-corrected chi connectivity index (χ1v) is 10.9. The Morgan fingerprint density at radius 1 is 1.21 bits per heavy atom. The lowest BCUT2D eigenvalue weighted by Gasteiger charge is -2.18. The summed E-state index contributed by atoms with van der Waals surface area (Å²) in [4.78, 5) is 32.4. The number of carbonyl (C=O) groups is 1. The van der Waals surface area contributed by atoms with Crippen LogP contribution in [0.4, 0.5) is 5.69 Å². The SMILES string of the molecule is Cc1cccc(NC(=O)[C@H](C)Sc2nc3sc(C)c(C)c3c(=O)n2C(C)C)c1. The van der Waals surface area contributed by atoms with Crippen molar-refractivity contribution in [3.05, 3.63) is 50.6 Å². The Kier molecular flexibility index (Phi) is 5.95. The van der Waals surface area contributed by atoms with Crippen LogP contribution in [0, 0.1) is 20.8 Å². The standard InChI is InChI=1S/C21H25N3O2S2/c1-11(2)24-20(26)17-13(4)14(5)27-19(17)23-21(24)28-15(6)18(25)22-16-9-7-8-12(3)10-16/h7-11,15H,1-6H3,(H,22,25)/t15-/m0/s1. The van der Waals surface area contributed by atoms with Gasteiger partial charge in [-0.05, 0) is 64.8 Å². The van der Waals surface area contributed by atoms with Gasteiger partial charge in [0.25, 0.3) is 5.56 Å². The molecular weight excluding hydrogens is 390 g/mol. The van der Waals surface area contributed by atoms with Crippen molar-refractivity contribution in [1.82, 2.24) is 9.55 Å². The molecule has 0 saturated heterocycles. The fourth-order valence-electron chi connectivity index (χ4n) is 3.00. The second-order valence-electron chi connectivity index (χ2n) is 7.25. The molecular formula is C21H25N3O2S2. The highest BCUT2D eigenvalue weighted by Gasteiger charge is 2.22. The number of anilines is 1. The van der Waals surface area contributed by atoms with Crippen molar-refractivity contribution in [1.29, 1.82) is 0 Å². The number of hydrogen-bond acceptors (Lipinski definition) is 5. The maximum Gasteiger partial charge on any atom is 0.263 e. The summed E-state index contributed by atoms with van der Waals surface area (Å²) in [6.07, 6.45) is 0. The summed E-state index contributed by atoms with van der Waals surface area (Å²) in [7, 11) is 0. The smallest absolute Gasteiger partial charge is 0.263 e. The molecule has 1 N–H and O–H groups in total. The number of thioether (sulfide) groups is 1. The van der Waals surface area contributed by atoms with Crippen LogP contribution < -0.4 is 10.9 Å². The second-order valence-corrected chi connectivity index (χ2v) is 9.76. The molecule has 3 aromatic rings. The third kappa shape index (κ3) is 4.00. The van der Waals surface area contributed by atoms with Crippen LogP contribution in [0.2, 0.25) is 0 Å². The van der Waals surface area contributed by atoms with Gasteiger partial charge in [0, 0.05) is 16.6 Å². The topological polar surface area (TPSA) is 64.0 Å². The number of amides is 1. The predicted molar refractivity (Wildman–Crippen MR) is 119 cm³/mol. The molecule has 0 aliphatic heterocycles. The Morgan fingerprint density at radius 3 is 2.57 bits per heavy atom. The number of aromatic nitrogens is 2. The minimum Gasteiger partial charge on any atom is -0.325 e. The third-order valence-electron chi connectivity index (χ3n) is 4.66. The van der Waals surface area contributed by atoms with E-state index in [0.717, 1.165) is 26.5 Å². The van der Waals surface area contributed by atoms with Crippen LogP contribution in [0.1, 0.15) is 42.8 Å². The highest BCUT2D eigenvalue weighted by atomic mass is 32.2. The van der Waals surface area contributed by atoms with E-state index in [-0.39, 0.29) is 17.5 Å². The summed E-state index contributed by atoms with van der Waals surface area (Å²) in [5.74, 6) is -0.112. The van der Waals surface area contributed by atoms with E-state index < -0.39 is 5.25 Å². The van der Waals surface area contributed by atoms with E-state index in [9.17, 15) is 9.59 Å². The zero-order chi connectivity index (χ0) is 20.6. The van der Waals surface area contributed by atoms with Crippen molar-refractivity contribution in [3.63, 3.8) is 0 Å². The van der Waals surface area contributed by atoms with Gasteiger partial charge in [-0.15, -0.1) is 11.3 Å². The molecule has 0 radical (unpaired) electrons. The molecule has 28 heavy (non-hydrogen) atoms. The summed E-state index contributed by atoms with van der Waals surface area (Å²) >= 11 is 2.85. The maximum atomic E-state index is 13.1. The molecule has 3 rings (SSSR count). The lowest BCUT2D eigenvalue weighted by Crippen LogP contribution is -2.28. The van der Waals surface area contributed by atoms with Gasteiger partial charge in [0.1, 0.15) is 4.83 Å². The molecule has 7 heteroatoms. The van der Waals surface area contributed by atoms with E-state index in [1.54, 1.807) is 4.57 Å². The van der Waals surface area contributed by atoms with Crippen LogP contribution in [0.15, 0.2) is 34.2 Å². The zero-order valence-corrected chi connectivity index (χ0v) is 18.6. The van der Waals surface area contributed by atoms with Gasteiger partial charge in [0.05, 0.1) is 10.6 Å². The van der Waals surface area contributed by atoms with Gasteiger partial charge in [-0.25, -0.2) is 4.98 Å². The zero-order valence-electron chi connectivity index (χ0n) is 17.0. The number of benzene rings is 1. The number of rotatable bonds is 5. The summed E-state index contributed by atoms with van der Waals surface area (Å²) < 4.78 is 1.70. The van der Waals surface area contributed by atoms with Gasteiger partial charge in [0.15, 0.2) is 5.16 Å². The number of thiophene rings is 1. The molecule has 0 spiro atoms. The molecule has 5 nitrogen and oxygen atoms in total. The van der Waals surface area contributed by atoms with E-state index in [1.165, 1.54) is 23.1 Å². The van der Waals surface area contributed by atoms with Crippen molar-refractivity contribution >= 4 is 44.9 Å². The molecule has 1 aromatic carbocycles. The minimum absolute atomic E-state index is 0.0318. The predicted octanol–water partition coefficient (Wildman–Crippen LogP) is 5.08. The lowest BCUT2D eigenvalue weighted by molar-refractivity contribution is -0.115. The van der Waals surface area contributed by atoms with Gasteiger partial charge in [0.2, 0.25) is 5.91 Å². The molecule has 2 aromatic heterocycles. The highest BCUT2D eigenvalue weighted by molar-refractivity contribution is 8.00. The quantitative estimate of drug-likeness (QED) is 0.466. The van der Waals surface area contributed by atoms with Gasteiger partial charge >= 0.3 is 0 Å². The first kappa shape index (κ1) is 20.6. The number of fused-ring (bicyclic) bond motifs is 1. The minimum atomic E-state index is -0.392. The number of nitrogens with zero attached hydrogens (tertiary/aromatic N) is 2. The van der Waals surface area contributed by atoms with Crippen molar-refractivity contribution in [3.8, 4) is 0 Å². The van der Waals surface area contributed by atoms with Gasteiger partial charge < -0.3 is 5.32 Å². The van der Waals surface area contributed by atoms with Crippen LogP contribution in [-0.4, -0.2) is 20.7 Å². The van der Waals surface area contributed by atoms with Crippen LogP contribution in [-0.2, 0) is 4.79 Å². The number of hydrogen-bond donors (Lipinski definition) is 1. The molecule has 0 aliphatic carbocycles. The number of aryl methyl sites for hydroxylation is 3. The largest absolute Gasteiger partial charge is 0.325 e. The second kappa shape index (κ2) is 8.09. The Hall–Kier alpha value is -2.12. The van der Waals surface area contributed by atoms with Crippen molar-refractivity contribution in [2.24, 2.45) is 0 Å². The average Bonchev–Trinajstić information content (AvgIpc) is 2.88. The fraction of sp³-hybridized carbons (Fsp3) is 0.381. The Labute approximate surface area is 173 Å². The molecule has 0 bridgehead atoms. The maximum absolute atomic E-state index is 13.1. The normalized spacial score (nSPS) is 12.5. The lowest BCUT2D eigenvalue weighted by atomic mass is 10.2. The van der Waals surface area contributed by atoms with Crippen LogP contribution in [0.5, 0.6) is 0 Å². The van der Waals surface area contributed by atoms with Crippen LogP contribution in [0.3, 0.4) is 0 Å². The van der Waals surface area contributed by atoms with E-state index >= 15 is 0 Å². The monoisotopic (exact) mass is 415 g/mol. The van der Waals surface area contributed by atoms with E-state index in [2.05, 4.69) is 5.32 Å². The Bertz CT molecular complexity index is 1100. The molecule has 0 fully saturated rings. The summed E-state index contributed by atoms with van der Waals surface area (Å²) in [5, 5.41) is 3.83. The van der Waals surface area contributed by atoms with Crippen molar-refractivity contribution in [2.45, 2.75) is 58.0 Å². The van der Waals surface area contributed by atoms with E-state index in [0.29, 0.717) is 10.5 Å². The first-order valence-electron chi connectivity index (χ1n) is 9.25. The molecule has 1 atom stereocenters. The molecule has 2 heterocycles. The average molecular weight is 416 g/mol. The molecule has 0 unspecified atom stereocenters. The Morgan fingerprint density at radius 2 is 1.93 bits per heavy atom. The van der Waals surface area contributed by atoms with E-state index in [1.807, 2.05) is 65.8 Å². The van der Waals surface area contributed by atoms with Crippen molar-refractivity contribution in [2.75, 3.05) is 5.32 Å². The molecule has 0 aliphatic rings. The number of carbonyl (C=O) groups excluding carboxylic acids is 1. The highest BCUT2D eigenvalue weighted by Crippen LogP contribution is 2.31. The van der Waals surface area contributed by atoms with Crippen LogP contribution >= 0.6 is 23.1 Å². The van der Waals surface area contributed by atoms with Crippen molar-refractivity contribution < 1.29 is 4.79 Å². The molecule has 148 valence electrons. The molecule has 1 amide bonds. The number of nitrogens with one attached hydrogen (secondary N) is 1. The molecule has 0 saturated carbocycles. The summed E-state index contributed by atoms with van der Waals surface area (Å²) in [6.45, 7) is 11.7. The van der Waals surface area contributed by atoms with Gasteiger partial charge in [-0.3, -0.25) is 14.2 Å². The van der Waals surface area contributed by atoms with E-state index in [4.69, 9.17) is 4.98 Å².